The number of imide groups is 1. The number of carbonyl (C=O) groups excluding carboxylic acids is 5. The van der Waals surface area contributed by atoms with Gasteiger partial charge in [0.05, 0.1) is 53.0 Å². The van der Waals surface area contributed by atoms with Crippen molar-refractivity contribution in [2.24, 2.45) is 17.2 Å². The molecule has 25 nitrogen and oxygen atoms in total. The maximum Gasteiger partial charge on any atom is 0.321 e. The van der Waals surface area contributed by atoms with E-state index in [-0.39, 0.29) is 91.5 Å². The quantitative estimate of drug-likeness (QED) is 0.0218. The number of likely N-dealkylation sites (tertiary alicyclic amines) is 1. The van der Waals surface area contributed by atoms with Gasteiger partial charge in [0, 0.05) is 82.3 Å². The van der Waals surface area contributed by atoms with Crippen LogP contribution in [0.5, 0.6) is 11.5 Å². The predicted molar refractivity (Wildman–Crippen MR) is 284 cm³/mol. The highest BCUT2D eigenvalue weighted by Crippen LogP contribution is 2.37. The van der Waals surface area contributed by atoms with Crippen molar-refractivity contribution >= 4 is 86.3 Å². The number of nitrogens with one attached hydrogen (secondary N) is 1. The Balaban J connectivity index is 1.07. The van der Waals surface area contributed by atoms with Gasteiger partial charge >= 0.3 is 5.97 Å². The van der Waals surface area contributed by atoms with Gasteiger partial charge in [0.2, 0.25) is 35.3 Å². The standard InChI is InChI=1S/C51H60N14O11S/c1-7-31-44(76-27(4)55-31)48(70)59-51-58-33-21-28(45(53)68)22-37(75-19-11-15-61(5)39(66)14-18-62-40(67)24-38(49(62)71)77-25-30(52)50(72)73)42(33)64(51)17-10-9-16-63-43-36(74-6)23-34(46(54)69)56-41(43)29-12-13-32(57-47(29)63)35-20-26(3)60-65(35)8-2/h9-10,12-13,20-23,30,38,46,69H,7-8,11,14-19,24-25,52,54H2,1-6H3,(H2,53,68)(H,72,73)(H,58,59,70)/b10-9+. The molecular formula is C51H60N14O11S. The molecule has 3 atom stereocenters. The van der Waals surface area contributed by atoms with Gasteiger partial charge in [-0.1, -0.05) is 19.1 Å². The molecule has 1 aromatic carbocycles. The van der Waals surface area contributed by atoms with Gasteiger partial charge in [0.15, 0.2) is 5.89 Å². The minimum Gasteiger partial charge on any atom is -0.494 e. The first-order valence-electron chi connectivity index (χ1n) is 24.8. The number of imidazole rings is 1. The van der Waals surface area contributed by atoms with Gasteiger partial charge in [-0.25, -0.2) is 19.9 Å². The van der Waals surface area contributed by atoms with Crippen LogP contribution in [0.1, 0.15) is 83.2 Å². The van der Waals surface area contributed by atoms with Crippen LogP contribution in [0.25, 0.3) is 44.5 Å². The topological polar surface area (TPSA) is 350 Å². The monoisotopic (exact) mass is 1080 g/mol. The molecule has 1 aliphatic rings. The number of ether oxygens (including phenoxy) is 2. The van der Waals surface area contributed by atoms with Crippen molar-refractivity contribution in [3.8, 4) is 22.9 Å². The van der Waals surface area contributed by atoms with E-state index in [1.165, 1.54) is 24.1 Å². The Morgan fingerprint density at radius 3 is 2.44 bits per heavy atom. The predicted octanol–water partition coefficient (Wildman–Crippen LogP) is 3.44. The van der Waals surface area contributed by atoms with Crippen molar-refractivity contribution in [2.45, 2.75) is 90.5 Å². The second-order valence-electron chi connectivity index (χ2n) is 18.2. The number of benzene rings is 1. The van der Waals surface area contributed by atoms with E-state index in [9.17, 15) is 33.9 Å². The summed E-state index contributed by atoms with van der Waals surface area (Å²) >= 11 is 0.999. The number of carboxylic acid groups (broad SMARTS) is 1. The fraction of sp³-hybridized carbons (Fsp3) is 0.392. The van der Waals surface area contributed by atoms with Gasteiger partial charge in [-0.3, -0.25) is 43.7 Å². The van der Waals surface area contributed by atoms with Crippen LogP contribution in [-0.4, -0.2) is 145 Å². The van der Waals surface area contributed by atoms with Crippen LogP contribution in [0, 0.1) is 13.8 Å². The number of carbonyl (C=O) groups is 6. The summed E-state index contributed by atoms with van der Waals surface area (Å²) in [5.41, 5.74) is 22.7. The van der Waals surface area contributed by atoms with Crippen LogP contribution in [0.4, 0.5) is 5.95 Å². The molecule has 0 aliphatic carbocycles. The Labute approximate surface area is 444 Å². The molecular weight excluding hydrogens is 1020 g/mol. The fourth-order valence-corrected chi connectivity index (χ4v) is 10.1. The summed E-state index contributed by atoms with van der Waals surface area (Å²) in [5.74, 6) is -2.92. The van der Waals surface area contributed by atoms with Crippen molar-refractivity contribution < 1.29 is 52.9 Å². The number of pyridine rings is 2. The van der Waals surface area contributed by atoms with Crippen molar-refractivity contribution in [3.05, 3.63) is 82.8 Å². The number of thioether (sulfide) groups is 1. The molecule has 1 saturated heterocycles. The summed E-state index contributed by atoms with van der Waals surface area (Å²) in [4.78, 5) is 98.1. The first-order chi connectivity index (χ1) is 36.8. The number of amides is 5. The van der Waals surface area contributed by atoms with Gasteiger partial charge in [-0.2, -0.15) is 5.10 Å². The Kier molecular flexibility index (Phi) is 16.7. The number of hydrogen-bond donors (Lipinski definition) is 6. The molecule has 0 saturated carbocycles. The number of aliphatic hydroxyl groups excluding tert-OH is 1. The molecule has 406 valence electrons. The maximum absolute atomic E-state index is 13.9. The van der Waals surface area contributed by atoms with E-state index in [4.69, 9.17) is 51.2 Å². The second-order valence-corrected chi connectivity index (χ2v) is 19.5. The molecule has 1 fully saturated rings. The molecule has 7 heterocycles. The Hall–Kier alpha value is -8.20. The van der Waals surface area contributed by atoms with Crippen molar-refractivity contribution in [1.82, 2.24) is 48.7 Å². The Morgan fingerprint density at radius 2 is 1.75 bits per heavy atom. The normalized spacial score (nSPS) is 14.6. The number of aliphatic carboxylic acids is 1. The van der Waals surface area contributed by atoms with Crippen molar-refractivity contribution in [2.75, 3.05) is 44.9 Å². The summed E-state index contributed by atoms with van der Waals surface area (Å²) in [6.07, 6.45) is 2.83. The summed E-state index contributed by atoms with van der Waals surface area (Å²) in [7, 11) is 3.09. The lowest BCUT2D eigenvalue weighted by Gasteiger charge is -2.20. The number of aliphatic hydroxyl groups is 1. The lowest BCUT2D eigenvalue weighted by Crippen LogP contribution is -2.37. The number of aromatic nitrogens is 8. The summed E-state index contributed by atoms with van der Waals surface area (Å²) < 4.78 is 23.4. The average molecular weight is 1080 g/mol. The smallest absolute Gasteiger partial charge is 0.321 e. The van der Waals surface area contributed by atoms with Crippen LogP contribution in [0.3, 0.4) is 0 Å². The third kappa shape index (κ3) is 11.6. The largest absolute Gasteiger partial charge is 0.494 e. The molecule has 26 heteroatoms. The van der Waals surface area contributed by atoms with E-state index in [0.29, 0.717) is 70.0 Å². The molecule has 0 bridgehead atoms. The summed E-state index contributed by atoms with van der Waals surface area (Å²) in [6.45, 7) is 8.44. The zero-order valence-corrected chi connectivity index (χ0v) is 44.1. The number of allylic oxidation sites excluding steroid dienone is 2. The SMILES string of the molecule is CCc1nc(C)oc1C(=O)Nc1nc2cc(C(N)=O)cc(OCCCN(C)C(=O)CCN3C(=O)CC(SCC(N)C(=O)O)C3=O)c2n1C/C=C/Cn1c2nc(-c3cc(C)nn3CC)ccc2c2nc(C(N)O)cc(OC)c21. The van der Waals surface area contributed by atoms with Crippen LogP contribution in [0.2, 0.25) is 0 Å². The van der Waals surface area contributed by atoms with Crippen LogP contribution in [-0.2, 0) is 45.2 Å². The maximum atomic E-state index is 13.9. The number of carboxylic acids is 1. The zero-order valence-electron chi connectivity index (χ0n) is 43.3. The number of aryl methyl sites for hydroxylation is 4. The molecule has 6 aromatic heterocycles. The highest BCUT2D eigenvalue weighted by atomic mass is 32.2. The molecule has 0 spiro atoms. The number of methoxy groups -OCH3 is 1. The third-order valence-electron chi connectivity index (χ3n) is 12.9. The Bertz CT molecular complexity index is 3470. The molecule has 0 radical (unpaired) electrons. The number of nitrogens with zero attached hydrogens (tertiary/aromatic N) is 10. The molecule has 1 aliphatic heterocycles. The number of primary amides is 1. The summed E-state index contributed by atoms with van der Waals surface area (Å²) in [5, 5.41) is 26.9. The van der Waals surface area contributed by atoms with Gasteiger partial charge < -0.3 is 55.3 Å². The molecule has 7 aromatic rings. The number of rotatable bonds is 24. The lowest BCUT2D eigenvalue weighted by molar-refractivity contribution is -0.140. The molecule has 5 amide bonds. The zero-order chi connectivity index (χ0) is 55.4. The summed E-state index contributed by atoms with van der Waals surface area (Å²) in [6, 6.07) is 9.13. The first kappa shape index (κ1) is 55.0. The number of hydrogen-bond acceptors (Lipinski definition) is 18. The van der Waals surface area contributed by atoms with E-state index in [1.807, 2.05) is 60.4 Å². The van der Waals surface area contributed by atoms with Crippen LogP contribution < -0.4 is 32.0 Å². The number of oxazole rings is 1. The van der Waals surface area contributed by atoms with Crippen LogP contribution >= 0.6 is 11.8 Å². The van der Waals surface area contributed by atoms with Crippen molar-refractivity contribution in [1.29, 1.82) is 0 Å². The number of fused-ring (bicyclic) bond motifs is 4. The fourth-order valence-electron chi connectivity index (χ4n) is 9.02. The minimum atomic E-state index is -1.38. The first-order valence-corrected chi connectivity index (χ1v) is 25.8. The van der Waals surface area contributed by atoms with Crippen molar-refractivity contribution in [3.63, 3.8) is 0 Å². The van der Waals surface area contributed by atoms with E-state index >= 15 is 0 Å². The van der Waals surface area contributed by atoms with E-state index in [0.717, 1.165) is 28.0 Å². The molecule has 3 unspecified atom stereocenters. The highest BCUT2D eigenvalue weighted by molar-refractivity contribution is 8.00. The number of nitrogens with two attached hydrogens (primary N) is 3. The average Bonchev–Trinajstić information content (AvgIpc) is 4.27. The molecule has 77 heavy (non-hydrogen) atoms. The van der Waals surface area contributed by atoms with Gasteiger partial charge in [-0.15, -0.1) is 11.8 Å². The van der Waals surface area contributed by atoms with E-state index in [1.54, 1.807) is 24.6 Å². The third-order valence-corrected chi connectivity index (χ3v) is 14.2. The van der Waals surface area contributed by atoms with E-state index < -0.39 is 47.1 Å². The minimum absolute atomic E-state index is 0.00960. The van der Waals surface area contributed by atoms with Gasteiger partial charge in [0.1, 0.15) is 46.0 Å². The highest BCUT2D eigenvalue weighted by Gasteiger charge is 2.39. The van der Waals surface area contributed by atoms with Gasteiger partial charge in [0.25, 0.3) is 5.91 Å². The second kappa shape index (κ2) is 23.4. The number of anilines is 1. The Morgan fingerprint density at radius 1 is 1.00 bits per heavy atom. The molecule has 9 N–H and O–H groups in total. The van der Waals surface area contributed by atoms with E-state index in [2.05, 4.69) is 15.4 Å². The van der Waals surface area contributed by atoms with Crippen LogP contribution in [0.15, 0.2) is 53.0 Å². The lowest BCUT2D eigenvalue weighted by atomic mass is 10.1. The molecule has 8 rings (SSSR count). The van der Waals surface area contributed by atoms with Gasteiger partial charge in [-0.05, 0) is 57.0 Å².